The molecule has 2 fully saturated rings. The minimum atomic E-state index is -3.47. The Balaban J connectivity index is 1.24. The number of likely N-dealkylation sites (N-methyl/N-ethyl adjacent to an activating group) is 1. The summed E-state index contributed by atoms with van der Waals surface area (Å²) in [5.74, 6) is 0.0440. The largest absolute Gasteiger partial charge is 0.355 e. The van der Waals surface area contributed by atoms with Crippen molar-refractivity contribution in [1.82, 2.24) is 34.4 Å². The third-order valence-corrected chi connectivity index (χ3v) is 8.20. The molecule has 0 radical (unpaired) electrons. The molecule has 0 bridgehead atoms. The van der Waals surface area contributed by atoms with Crippen LogP contribution in [0.25, 0.3) is 11.0 Å². The highest BCUT2D eigenvalue weighted by atomic mass is 32.2. The standard InChI is InChI=1S/C21H33N7O3S/c1-25-13-15-26(16-14-25)12-8-22-21(29)5-4-11-28-20-7-6-18(17-19(20)23-24-28)32(30,31)27-9-2-3-10-27/h6-7,17H,2-5,8-16H2,1H3,(H,22,29). The molecule has 32 heavy (non-hydrogen) atoms. The number of aromatic nitrogens is 3. The van der Waals surface area contributed by atoms with Crippen molar-refractivity contribution in [3.63, 3.8) is 0 Å². The summed E-state index contributed by atoms with van der Waals surface area (Å²) < 4.78 is 28.8. The highest BCUT2D eigenvalue weighted by Crippen LogP contribution is 2.23. The van der Waals surface area contributed by atoms with E-state index in [0.717, 1.165) is 51.1 Å². The Morgan fingerprint density at radius 3 is 2.56 bits per heavy atom. The van der Waals surface area contributed by atoms with Gasteiger partial charge in [0.25, 0.3) is 0 Å². The lowest BCUT2D eigenvalue weighted by molar-refractivity contribution is -0.121. The maximum Gasteiger partial charge on any atom is 0.243 e. The first kappa shape index (κ1) is 23.1. The van der Waals surface area contributed by atoms with E-state index in [-0.39, 0.29) is 10.8 Å². The van der Waals surface area contributed by atoms with Crippen molar-refractivity contribution in [1.29, 1.82) is 0 Å². The Hall–Kier alpha value is -2.08. The molecule has 11 heteroatoms. The van der Waals surface area contributed by atoms with Crippen molar-refractivity contribution in [3.8, 4) is 0 Å². The molecule has 1 aromatic heterocycles. The lowest BCUT2D eigenvalue weighted by atomic mass is 10.2. The van der Waals surface area contributed by atoms with E-state index in [9.17, 15) is 13.2 Å². The predicted octanol–water partition coefficient (Wildman–Crippen LogP) is 0.360. The maximum absolute atomic E-state index is 12.8. The van der Waals surface area contributed by atoms with Gasteiger partial charge in [-0.25, -0.2) is 13.1 Å². The molecular formula is C21H33N7O3S. The van der Waals surface area contributed by atoms with Crippen LogP contribution in [0.3, 0.4) is 0 Å². The third-order valence-electron chi connectivity index (χ3n) is 6.31. The molecular weight excluding hydrogens is 430 g/mol. The minimum Gasteiger partial charge on any atom is -0.355 e. The van der Waals surface area contributed by atoms with Crippen molar-refractivity contribution in [3.05, 3.63) is 18.2 Å². The number of nitrogens with zero attached hydrogens (tertiary/aromatic N) is 6. The Morgan fingerprint density at radius 1 is 1.06 bits per heavy atom. The summed E-state index contributed by atoms with van der Waals surface area (Å²) in [6.45, 7) is 7.51. The number of rotatable bonds is 9. The number of hydrogen-bond donors (Lipinski definition) is 1. The predicted molar refractivity (Wildman–Crippen MR) is 122 cm³/mol. The summed E-state index contributed by atoms with van der Waals surface area (Å²) in [7, 11) is -1.34. The van der Waals surface area contributed by atoms with Gasteiger partial charge in [-0.1, -0.05) is 5.21 Å². The zero-order valence-electron chi connectivity index (χ0n) is 18.7. The van der Waals surface area contributed by atoms with E-state index in [0.29, 0.717) is 44.5 Å². The van der Waals surface area contributed by atoms with Crippen LogP contribution in [-0.4, -0.2) is 103 Å². The van der Waals surface area contributed by atoms with Gasteiger partial charge in [0.15, 0.2) is 0 Å². The van der Waals surface area contributed by atoms with Crippen LogP contribution >= 0.6 is 0 Å². The average molecular weight is 464 g/mol. The zero-order chi connectivity index (χ0) is 22.6. The fourth-order valence-corrected chi connectivity index (χ4v) is 5.80. The van der Waals surface area contributed by atoms with Gasteiger partial charge in [0, 0.05) is 65.3 Å². The second kappa shape index (κ2) is 10.2. The van der Waals surface area contributed by atoms with E-state index in [4.69, 9.17) is 0 Å². The van der Waals surface area contributed by atoms with E-state index in [1.165, 1.54) is 4.31 Å². The smallest absolute Gasteiger partial charge is 0.243 e. The third kappa shape index (κ3) is 5.45. The van der Waals surface area contributed by atoms with Gasteiger partial charge in [0.05, 0.1) is 10.4 Å². The molecule has 2 aliphatic heterocycles. The van der Waals surface area contributed by atoms with Crippen molar-refractivity contribution in [2.45, 2.75) is 37.1 Å². The van der Waals surface area contributed by atoms with Crippen LogP contribution in [-0.2, 0) is 21.4 Å². The number of hydrogen-bond acceptors (Lipinski definition) is 7. The minimum absolute atomic E-state index is 0.0440. The lowest BCUT2D eigenvalue weighted by Crippen LogP contribution is -2.46. The molecule has 1 amide bonds. The van der Waals surface area contributed by atoms with E-state index < -0.39 is 10.0 Å². The average Bonchev–Trinajstić information content (AvgIpc) is 3.46. The highest BCUT2D eigenvalue weighted by Gasteiger charge is 2.27. The van der Waals surface area contributed by atoms with E-state index in [1.54, 1.807) is 22.9 Å². The first-order chi connectivity index (χ1) is 15.4. The first-order valence-electron chi connectivity index (χ1n) is 11.4. The Labute approximate surface area is 189 Å². The molecule has 0 atom stereocenters. The van der Waals surface area contributed by atoms with Crippen LogP contribution in [0, 0.1) is 0 Å². The van der Waals surface area contributed by atoms with Crippen LogP contribution in [0.5, 0.6) is 0 Å². The van der Waals surface area contributed by atoms with Crippen LogP contribution in [0.4, 0.5) is 0 Å². The Kier molecular flexibility index (Phi) is 7.39. The van der Waals surface area contributed by atoms with Crippen molar-refractivity contribution in [2.75, 3.05) is 59.4 Å². The number of carbonyl (C=O) groups is 1. The molecule has 0 aliphatic carbocycles. The SMILES string of the molecule is CN1CCN(CCNC(=O)CCCn2nnc3cc(S(=O)(=O)N4CCCC4)ccc32)CC1. The summed E-state index contributed by atoms with van der Waals surface area (Å²) in [5.41, 5.74) is 1.34. The number of nitrogens with one attached hydrogen (secondary N) is 1. The number of sulfonamides is 1. The molecule has 0 saturated carbocycles. The fraction of sp³-hybridized carbons (Fsp3) is 0.667. The second-order valence-electron chi connectivity index (χ2n) is 8.67. The molecule has 0 unspecified atom stereocenters. The van der Waals surface area contributed by atoms with Crippen LogP contribution < -0.4 is 5.32 Å². The van der Waals surface area contributed by atoms with Gasteiger partial charge >= 0.3 is 0 Å². The maximum atomic E-state index is 12.8. The number of amides is 1. The molecule has 2 aromatic rings. The number of fused-ring (bicyclic) bond motifs is 1. The summed E-state index contributed by atoms with van der Waals surface area (Å²) in [5, 5.41) is 11.3. The summed E-state index contributed by atoms with van der Waals surface area (Å²) in [6.07, 6.45) is 2.88. The summed E-state index contributed by atoms with van der Waals surface area (Å²) >= 11 is 0. The molecule has 0 spiro atoms. The molecule has 176 valence electrons. The van der Waals surface area contributed by atoms with Crippen LogP contribution in [0.2, 0.25) is 0 Å². The lowest BCUT2D eigenvalue weighted by Gasteiger charge is -2.32. The van der Waals surface area contributed by atoms with E-state index in [1.807, 2.05) is 0 Å². The van der Waals surface area contributed by atoms with Gasteiger partial charge in [0.2, 0.25) is 15.9 Å². The van der Waals surface area contributed by atoms with E-state index >= 15 is 0 Å². The first-order valence-corrected chi connectivity index (χ1v) is 12.9. The number of aryl methyl sites for hydroxylation is 1. The second-order valence-corrected chi connectivity index (χ2v) is 10.6. The monoisotopic (exact) mass is 463 g/mol. The van der Waals surface area contributed by atoms with Crippen molar-refractivity contribution >= 4 is 27.0 Å². The molecule has 4 rings (SSSR count). The Bertz CT molecular complexity index is 1030. The fourth-order valence-electron chi connectivity index (χ4n) is 4.26. The van der Waals surface area contributed by atoms with Crippen LogP contribution in [0.15, 0.2) is 23.1 Å². The molecule has 10 nitrogen and oxygen atoms in total. The van der Waals surface area contributed by atoms with Gasteiger partial charge in [-0.15, -0.1) is 5.10 Å². The molecule has 1 aromatic carbocycles. The quantitative estimate of drug-likeness (QED) is 0.573. The number of benzene rings is 1. The van der Waals surface area contributed by atoms with Gasteiger partial charge in [-0.3, -0.25) is 9.69 Å². The van der Waals surface area contributed by atoms with E-state index in [2.05, 4.69) is 32.5 Å². The molecule has 2 saturated heterocycles. The number of piperazine rings is 1. The van der Waals surface area contributed by atoms with Gasteiger partial charge in [0.1, 0.15) is 5.52 Å². The normalized spacial score (nSPS) is 19.0. The highest BCUT2D eigenvalue weighted by molar-refractivity contribution is 7.89. The van der Waals surface area contributed by atoms with Gasteiger partial charge in [-0.05, 0) is 44.5 Å². The number of carbonyl (C=O) groups excluding carboxylic acids is 1. The van der Waals surface area contributed by atoms with Crippen molar-refractivity contribution in [2.24, 2.45) is 0 Å². The van der Waals surface area contributed by atoms with Crippen molar-refractivity contribution < 1.29 is 13.2 Å². The van der Waals surface area contributed by atoms with Gasteiger partial charge < -0.3 is 10.2 Å². The molecule has 1 N–H and O–H groups in total. The Morgan fingerprint density at radius 2 is 1.81 bits per heavy atom. The van der Waals surface area contributed by atoms with Gasteiger partial charge in [-0.2, -0.15) is 4.31 Å². The molecule has 3 heterocycles. The van der Waals surface area contributed by atoms with Crippen LogP contribution in [0.1, 0.15) is 25.7 Å². The zero-order valence-corrected chi connectivity index (χ0v) is 19.6. The topological polar surface area (TPSA) is 104 Å². The summed E-state index contributed by atoms with van der Waals surface area (Å²) in [4.78, 5) is 17.1. The molecule has 2 aliphatic rings. The summed E-state index contributed by atoms with van der Waals surface area (Å²) in [6, 6.07) is 4.98.